The number of nitrogen functional groups attached to an aromatic ring is 1. The van der Waals surface area contributed by atoms with Crippen LogP contribution in [0.15, 0.2) is 6.20 Å². The van der Waals surface area contributed by atoms with Crippen LogP contribution in [0.2, 0.25) is 0 Å². The third kappa shape index (κ3) is 1.68. The molecule has 0 spiro atoms. The molecule has 1 aliphatic rings. The maximum Gasteiger partial charge on any atom is 0.142 e. The van der Waals surface area contributed by atoms with Crippen molar-refractivity contribution in [2.45, 2.75) is 19.4 Å². The Morgan fingerprint density at radius 3 is 3.29 bits per heavy atom. The lowest BCUT2D eigenvalue weighted by Crippen LogP contribution is -2.42. The summed E-state index contributed by atoms with van der Waals surface area (Å²) in [5.74, 6) is 0.641. The number of anilines is 2. The van der Waals surface area contributed by atoms with E-state index < -0.39 is 0 Å². The first-order chi connectivity index (χ1) is 6.81. The predicted octanol–water partition coefficient (Wildman–Crippen LogP) is 0.607. The van der Waals surface area contributed by atoms with Gasteiger partial charge in [-0.1, -0.05) is 6.92 Å². The molecule has 5 heteroatoms. The summed E-state index contributed by atoms with van der Waals surface area (Å²) >= 11 is 0. The molecule has 0 bridgehead atoms. The molecule has 2 heterocycles. The zero-order valence-corrected chi connectivity index (χ0v) is 8.36. The molecule has 1 saturated heterocycles. The average Bonchev–Trinajstić information content (AvgIpc) is 2.65. The van der Waals surface area contributed by atoms with Gasteiger partial charge in [-0.3, -0.25) is 5.10 Å². The van der Waals surface area contributed by atoms with E-state index in [9.17, 15) is 0 Å². The van der Waals surface area contributed by atoms with Crippen LogP contribution in [0.1, 0.15) is 13.3 Å². The van der Waals surface area contributed by atoms with Crippen molar-refractivity contribution >= 4 is 11.5 Å². The molecule has 3 N–H and O–H groups in total. The van der Waals surface area contributed by atoms with Crippen LogP contribution >= 0.6 is 0 Å². The fourth-order valence-corrected chi connectivity index (χ4v) is 1.73. The Morgan fingerprint density at radius 2 is 2.64 bits per heavy atom. The van der Waals surface area contributed by atoms with Crippen LogP contribution < -0.4 is 10.6 Å². The number of aromatic nitrogens is 2. The Morgan fingerprint density at radius 1 is 1.79 bits per heavy atom. The SMILES string of the molecule is CCC1CN(c2cn[nH]c2N)CCO1. The van der Waals surface area contributed by atoms with Gasteiger partial charge in [0.05, 0.1) is 24.6 Å². The van der Waals surface area contributed by atoms with E-state index in [0.29, 0.717) is 11.9 Å². The van der Waals surface area contributed by atoms with E-state index in [1.54, 1.807) is 6.20 Å². The molecule has 2 rings (SSSR count). The van der Waals surface area contributed by atoms with Crippen LogP contribution in [0.5, 0.6) is 0 Å². The lowest BCUT2D eigenvalue weighted by atomic mass is 10.2. The molecule has 1 aromatic heterocycles. The molecular formula is C9H16N4O. The molecule has 78 valence electrons. The normalized spacial score (nSPS) is 22.6. The van der Waals surface area contributed by atoms with Gasteiger partial charge in [0.1, 0.15) is 5.82 Å². The topological polar surface area (TPSA) is 67.2 Å². The molecule has 1 atom stereocenters. The minimum Gasteiger partial charge on any atom is -0.382 e. The third-order valence-electron chi connectivity index (χ3n) is 2.58. The first kappa shape index (κ1) is 9.33. The second kappa shape index (κ2) is 3.88. The smallest absolute Gasteiger partial charge is 0.142 e. The Kier molecular flexibility index (Phi) is 2.58. The molecule has 0 amide bonds. The van der Waals surface area contributed by atoms with E-state index in [1.807, 2.05) is 0 Å². The zero-order valence-electron chi connectivity index (χ0n) is 8.36. The van der Waals surface area contributed by atoms with E-state index in [-0.39, 0.29) is 0 Å². The standard InChI is InChI=1S/C9H16N4O/c1-2-7-6-13(3-4-14-7)8-5-11-12-9(8)10/h5,7H,2-4,6H2,1H3,(H3,10,11,12). The fraction of sp³-hybridized carbons (Fsp3) is 0.667. The van der Waals surface area contributed by atoms with Gasteiger partial charge < -0.3 is 15.4 Å². The number of nitrogens with one attached hydrogen (secondary N) is 1. The Bertz CT molecular complexity index is 299. The first-order valence-corrected chi connectivity index (χ1v) is 4.96. The van der Waals surface area contributed by atoms with Crippen molar-refractivity contribution in [3.8, 4) is 0 Å². The number of rotatable bonds is 2. The van der Waals surface area contributed by atoms with Gasteiger partial charge in [-0.2, -0.15) is 5.10 Å². The molecule has 1 fully saturated rings. The largest absolute Gasteiger partial charge is 0.382 e. The average molecular weight is 196 g/mol. The summed E-state index contributed by atoms with van der Waals surface area (Å²) in [6.07, 6.45) is 3.12. The van der Waals surface area contributed by atoms with Gasteiger partial charge in [0.2, 0.25) is 0 Å². The van der Waals surface area contributed by atoms with Gasteiger partial charge >= 0.3 is 0 Å². The zero-order chi connectivity index (χ0) is 9.97. The fourth-order valence-electron chi connectivity index (χ4n) is 1.73. The van der Waals surface area contributed by atoms with Gasteiger partial charge in [-0.05, 0) is 6.42 Å². The first-order valence-electron chi connectivity index (χ1n) is 4.96. The summed E-state index contributed by atoms with van der Waals surface area (Å²) in [6.45, 7) is 4.69. The summed E-state index contributed by atoms with van der Waals surface area (Å²) in [5, 5.41) is 6.66. The highest BCUT2D eigenvalue weighted by molar-refractivity contribution is 5.62. The molecule has 0 radical (unpaired) electrons. The van der Waals surface area contributed by atoms with E-state index in [4.69, 9.17) is 10.5 Å². The number of hydrogen-bond donors (Lipinski definition) is 2. The Hall–Kier alpha value is -1.23. The molecule has 0 aromatic carbocycles. The number of ether oxygens (including phenoxy) is 1. The highest BCUT2D eigenvalue weighted by Gasteiger charge is 2.21. The number of aromatic amines is 1. The molecule has 1 aromatic rings. The lowest BCUT2D eigenvalue weighted by Gasteiger charge is -2.33. The van der Waals surface area contributed by atoms with Crippen LogP contribution in [-0.2, 0) is 4.74 Å². The summed E-state index contributed by atoms with van der Waals surface area (Å²) < 4.78 is 5.58. The van der Waals surface area contributed by atoms with Crippen molar-refractivity contribution in [1.29, 1.82) is 0 Å². The van der Waals surface area contributed by atoms with Crippen LogP contribution in [0.3, 0.4) is 0 Å². The Balaban J connectivity index is 2.08. The molecule has 5 nitrogen and oxygen atoms in total. The van der Waals surface area contributed by atoms with E-state index >= 15 is 0 Å². The second-order valence-electron chi connectivity index (χ2n) is 3.52. The molecule has 0 saturated carbocycles. The highest BCUT2D eigenvalue weighted by atomic mass is 16.5. The molecule has 1 aliphatic heterocycles. The summed E-state index contributed by atoms with van der Waals surface area (Å²) in [4.78, 5) is 2.22. The third-order valence-corrected chi connectivity index (χ3v) is 2.58. The molecule has 0 aliphatic carbocycles. The Labute approximate surface area is 83.2 Å². The highest BCUT2D eigenvalue weighted by Crippen LogP contribution is 2.22. The van der Waals surface area contributed by atoms with Crippen LogP contribution in [0, 0.1) is 0 Å². The molecule has 1 unspecified atom stereocenters. The van der Waals surface area contributed by atoms with E-state index in [2.05, 4.69) is 22.0 Å². The maximum absolute atomic E-state index is 5.76. The van der Waals surface area contributed by atoms with Crippen molar-refractivity contribution in [1.82, 2.24) is 10.2 Å². The van der Waals surface area contributed by atoms with Gasteiger partial charge in [0.25, 0.3) is 0 Å². The van der Waals surface area contributed by atoms with Crippen LogP contribution in [0.25, 0.3) is 0 Å². The number of nitrogens with two attached hydrogens (primary N) is 1. The van der Waals surface area contributed by atoms with Crippen molar-refractivity contribution in [2.75, 3.05) is 30.3 Å². The number of hydrogen-bond acceptors (Lipinski definition) is 4. The van der Waals surface area contributed by atoms with E-state index in [1.165, 1.54) is 0 Å². The predicted molar refractivity (Wildman–Crippen MR) is 55.2 cm³/mol. The second-order valence-corrected chi connectivity index (χ2v) is 3.52. The van der Waals surface area contributed by atoms with Crippen molar-refractivity contribution < 1.29 is 4.74 Å². The summed E-state index contributed by atoms with van der Waals surface area (Å²) in [7, 11) is 0. The molecule has 14 heavy (non-hydrogen) atoms. The summed E-state index contributed by atoms with van der Waals surface area (Å²) in [6, 6.07) is 0. The quantitative estimate of drug-likeness (QED) is 0.727. The van der Waals surface area contributed by atoms with Gasteiger partial charge in [-0.15, -0.1) is 0 Å². The minimum atomic E-state index is 0.318. The van der Waals surface area contributed by atoms with E-state index in [0.717, 1.165) is 31.8 Å². The number of nitrogens with zero attached hydrogens (tertiary/aromatic N) is 2. The van der Waals surface area contributed by atoms with Crippen LogP contribution in [0.4, 0.5) is 11.5 Å². The van der Waals surface area contributed by atoms with Crippen molar-refractivity contribution in [3.63, 3.8) is 0 Å². The van der Waals surface area contributed by atoms with Crippen molar-refractivity contribution in [2.24, 2.45) is 0 Å². The minimum absolute atomic E-state index is 0.318. The maximum atomic E-state index is 5.76. The lowest BCUT2D eigenvalue weighted by molar-refractivity contribution is 0.0385. The van der Waals surface area contributed by atoms with Gasteiger partial charge in [0, 0.05) is 13.1 Å². The van der Waals surface area contributed by atoms with Crippen molar-refractivity contribution in [3.05, 3.63) is 6.20 Å². The van der Waals surface area contributed by atoms with Gasteiger partial charge in [0.15, 0.2) is 0 Å². The molecular weight excluding hydrogens is 180 g/mol. The monoisotopic (exact) mass is 196 g/mol. The summed E-state index contributed by atoms with van der Waals surface area (Å²) in [5.41, 5.74) is 6.75. The van der Waals surface area contributed by atoms with Crippen LogP contribution in [-0.4, -0.2) is 36.0 Å². The van der Waals surface area contributed by atoms with Gasteiger partial charge in [-0.25, -0.2) is 0 Å². The number of H-pyrrole nitrogens is 1. The number of morpholine rings is 1.